The van der Waals surface area contributed by atoms with Crippen LogP contribution in [0.3, 0.4) is 0 Å². The Kier molecular flexibility index (Phi) is 7.91. The van der Waals surface area contributed by atoms with Gasteiger partial charge in [-0.2, -0.15) is 0 Å². The van der Waals surface area contributed by atoms with Gasteiger partial charge in [0.2, 0.25) is 0 Å². The molecule has 1 heterocycles. The lowest BCUT2D eigenvalue weighted by Crippen LogP contribution is -2.28. The fourth-order valence-electron chi connectivity index (χ4n) is 10.8. The molecular formula is C58H39NS. The third kappa shape index (κ3) is 4.80. The van der Waals surface area contributed by atoms with E-state index in [1.165, 1.54) is 76.8 Å². The van der Waals surface area contributed by atoms with Gasteiger partial charge in [-0.3, -0.25) is 0 Å². The van der Waals surface area contributed by atoms with Crippen molar-refractivity contribution in [3.05, 3.63) is 280 Å². The minimum atomic E-state index is -0.519. The summed E-state index contributed by atoms with van der Waals surface area (Å²) in [5.41, 5.74) is 17.7. The highest BCUT2D eigenvalue weighted by Crippen LogP contribution is 2.63. The van der Waals surface area contributed by atoms with E-state index >= 15 is 0 Å². The van der Waals surface area contributed by atoms with Gasteiger partial charge in [-0.25, -0.2) is 0 Å². The Labute approximate surface area is 355 Å². The minimum Gasteiger partial charge on any atom is -0.309 e. The van der Waals surface area contributed by atoms with E-state index in [1.54, 1.807) is 11.3 Å². The number of benzene rings is 9. The maximum absolute atomic E-state index is 2.57. The van der Waals surface area contributed by atoms with Gasteiger partial charge in [-0.1, -0.05) is 200 Å². The van der Waals surface area contributed by atoms with Crippen molar-refractivity contribution in [2.75, 3.05) is 4.90 Å². The maximum Gasteiger partial charge on any atom is 0.0714 e. The quantitative estimate of drug-likeness (QED) is 0.156. The topological polar surface area (TPSA) is 3.24 Å². The molecule has 2 aliphatic carbocycles. The van der Waals surface area contributed by atoms with Crippen molar-refractivity contribution in [2.45, 2.75) is 10.8 Å². The first-order chi connectivity index (χ1) is 29.8. The van der Waals surface area contributed by atoms with Gasteiger partial charge in [0.25, 0.3) is 0 Å². The Morgan fingerprint density at radius 1 is 0.333 bits per heavy atom. The summed E-state index contributed by atoms with van der Waals surface area (Å²) in [6, 6.07) is 85.9. The van der Waals surface area contributed by atoms with Gasteiger partial charge in [-0.05, 0) is 96.7 Å². The van der Waals surface area contributed by atoms with E-state index in [0.717, 1.165) is 17.1 Å². The molecule has 0 saturated carbocycles. The van der Waals surface area contributed by atoms with Gasteiger partial charge in [0.15, 0.2) is 0 Å². The van der Waals surface area contributed by atoms with Crippen molar-refractivity contribution in [3.63, 3.8) is 0 Å². The Balaban J connectivity index is 1.21. The van der Waals surface area contributed by atoms with Crippen molar-refractivity contribution in [2.24, 2.45) is 0 Å². The van der Waals surface area contributed by atoms with E-state index in [0.29, 0.717) is 0 Å². The number of rotatable bonds is 7. The van der Waals surface area contributed by atoms with Crippen LogP contribution >= 0.6 is 11.3 Å². The summed E-state index contributed by atoms with van der Waals surface area (Å²) < 4.78 is 1.27. The molecule has 2 aliphatic rings. The minimum absolute atomic E-state index is 0.519. The largest absolute Gasteiger partial charge is 0.309 e. The predicted octanol–water partition coefficient (Wildman–Crippen LogP) is 15.1. The third-order valence-corrected chi connectivity index (χ3v) is 14.0. The van der Waals surface area contributed by atoms with Crippen LogP contribution in [0.25, 0.3) is 32.3 Å². The molecule has 0 spiro atoms. The lowest BCUT2D eigenvalue weighted by molar-refractivity contribution is 0.768. The summed E-state index contributed by atoms with van der Waals surface area (Å²) in [7, 11) is 0. The normalized spacial score (nSPS) is 13.9. The van der Waals surface area contributed by atoms with Crippen LogP contribution in [-0.4, -0.2) is 0 Å². The molecule has 282 valence electrons. The second kappa shape index (κ2) is 13.7. The molecule has 0 amide bonds. The van der Waals surface area contributed by atoms with Gasteiger partial charge >= 0.3 is 0 Å². The zero-order chi connectivity index (χ0) is 39.7. The van der Waals surface area contributed by atoms with E-state index in [2.05, 4.69) is 241 Å². The van der Waals surface area contributed by atoms with Gasteiger partial charge in [-0.15, -0.1) is 11.3 Å². The summed E-state index contributed by atoms with van der Waals surface area (Å²) in [5.74, 6) is 0. The van der Waals surface area contributed by atoms with Gasteiger partial charge in [0.05, 0.1) is 22.2 Å². The summed E-state index contributed by atoms with van der Waals surface area (Å²) in [4.78, 5) is 2.57. The molecule has 12 rings (SSSR count). The number of nitrogens with zero attached hydrogens (tertiary/aromatic N) is 1. The molecule has 0 N–H and O–H groups in total. The maximum atomic E-state index is 2.57. The lowest BCUT2D eigenvalue weighted by Gasteiger charge is -2.35. The molecular weight excluding hydrogens is 743 g/mol. The molecule has 0 saturated heterocycles. The second-order valence-electron chi connectivity index (χ2n) is 15.9. The lowest BCUT2D eigenvalue weighted by atomic mass is 9.67. The summed E-state index contributed by atoms with van der Waals surface area (Å²) >= 11 is 1.80. The molecule has 60 heavy (non-hydrogen) atoms. The highest BCUT2D eigenvalue weighted by molar-refractivity contribution is 7.17. The zero-order valence-electron chi connectivity index (χ0n) is 32.9. The Morgan fingerprint density at radius 2 is 0.733 bits per heavy atom. The Morgan fingerprint density at radius 3 is 1.18 bits per heavy atom. The smallest absolute Gasteiger partial charge is 0.0714 e. The average Bonchev–Trinajstić information content (AvgIpc) is 4.01. The van der Waals surface area contributed by atoms with Crippen molar-refractivity contribution in [3.8, 4) is 22.3 Å². The zero-order valence-corrected chi connectivity index (χ0v) is 33.7. The molecule has 0 aliphatic heterocycles. The standard InChI is InChI=1S/C58H39NS/c1-5-19-41(20-6-1)57(42-21-7-2-8-22-42)48-29-15-13-27-46(48)55-50(57)31-17-33-52(55)59(45-36-35-40-37-38-60-54(40)39-45)53-34-18-32-51-56(53)47-28-14-16-30-49(47)58(51,43-23-9-3-10-24-43)44-25-11-4-12-26-44/h1-39H. The summed E-state index contributed by atoms with van der Waals surface area (Å²) in [5, 5.41) is 3.46. The van der Waals surface area contributed by atoms with Crippen LogP contribution in [-0.2, 0) is 10.8 Å². The van der Waals surface area contributed by atoms with Gasteiger partial charge < -0.3 is 4.90 Å². The fraction of sp³-hybridized carbons (Fsp3) is 0.0345. The first-order valence-corrected chi connectivity index (χ1v) is 21.6. The number of hydrogen-bond donors (Lipinski definition) is 0. The highest BCUT2D eigenvalue weighted by Gasteiger charge is 2.49. The van der Waals surface area contributed by atoms with Crippen molar-refractivity contribution < 1.29 is 0 Å². The van der Waals surface area contributed by atoms with Crippen LogP contribution in [0.5, 0.6) is 0 Å². The highest BCUT2D eigenvalue weighted by atomic mass is 32.1. The molecule has 1 aromatic heterocycles. The summed E-state index contributed by atoms with van der Waals surface area (Å²) in [6.07, 6.45) is 0. The van der Waals surface area contributed by atoms with E-state index < -0.39 is 10.8 Å². The molecule has 0 radical (unpaired) electrons. The number of fused-ring (bicyclic) bond motifs is 7. The molecule has 0 unspecified atom stereocenters. The van der Waals surface area contributed by atoms with E-state index in [1.807, 2.05) is 0 Å². The second-order valence-corrected chi connectivity index (χ2v) is 16.9. The Hall–Kier alpha value is -7.26. The summed E-state index contributed by atoms with van der Waals surface area (Å²) in [6.45, 7) is 0. The fourth-order valence-corrected chi connectivity index (χ4v) is 11.6. The van der Waals surface area contributed by atoms with Crippen LogP contribution in [0.4, 0.5) is 17.1 Å². The average molecular weight is 782 g/mol. The first kappa shape index (κ1) is 34.8. The molecule has 2 heteroatoms. The third-order valence-electron chi connectivity index (χ3n) is 13.1. The molecule has 0 atom stereocenters. The monoisotopic (exact) mass is 781 g/mol. The van der Waals surface area contributed by atoms with Gasteiger partial charge in [0, 0.05) is 21.5 Å². The number of thiophene rings is 1. The van der Waals surface area contributed by atoms with Crippen LogP contribution in [0, 0.1) is 0 Å². The van der Waals surface area contributed by atoms with E-state index in [-0.39, 0.29) is 0 Å². The number of hydrogen-bond acceptors (Lipinski definition) is 2. The van der Waals surface area contributed by atoms with Crippen molar-refractivity contribution >= 4 is 38.5 Å². The first-order valence-electron chi connectivity index (χ1n) is 20.8. The molecule has 10 aromatic rings. The van der Waals surface area contributed by atoms with Gasteiger partial charge in [0.1, 0.15) is 0 Å². The number of anilines is 3. The van der Waals surface area contributed by atoms with E-state index in [9.17, 15) is 0 Å². The van der Waals surface area contributed by atoms with Crippen molar-refractivity contribution in [1.82, 2.24) is 0 Å². The SMILES string of the molecule is c1ccc(C2(c3ccccc3)c3ccccc3-c3c(N(c4ccc5ccsc5c4)c4cccc5c4-c4ccccc4C5(c4ccccc4)c4ccccc4)cccc32)cc1. The van der Waals surface area contributed by atoms with E-state index in [4.69, 9.17) is 0 Å². The predicted molar refractivity (Wildman–Crippen MR) is 251 cm³/mol. The Bertz CT molecular complexity index is 2940. The molecule has 0 fully saturated rings. The van der Waals surface area contributed by atoms with Crippen LogP contribution in [0.1, 0.15) is 44.5 Å². The van der Waals surface area contributed by atoms with Crippen LogP contribution in [0.15, 0.2) is 236 Å². The molecule has 9 aromatic carbocycles. The van der Waals surface area contributed by atoms with Crippen LogP contribution in [0.2, 0.25) is 0 Å². The molecule has 1 nitrogen and oxygen atoms in total. The van der Waals surface area contributed by atoms with Crippen LogP contribution < -0.4 is 4.90 Å². The van der Waals surface area contributed by atoms with Crippen molar-refractivity contribution in [1.29, 1.82) is 0 Å². The molecule has 0 bridgehead atoms.